The zero-order valence-corrected chi connectivity index (χ0v) is 10.0. The maximum atomic E-state index is 13.0. The van der Waals surface area contributed by atoms with Crippen LogP contribution in [0, 0.1) is 36.4 Å². The molecule has 0 atom stereocenters. The first kappa shape index (κ1) is 11.3. The second-order valence-electron chi connectivity index (χ2n) is 2.61. The molecule has 0 radical (unpaired) electrons. The van der Waals surface area contributed by atoms with Gasteiger partial charge in [-0.3, -0.25) is 0 Å². The Hall–Kier alpha value is -0.767. The van der Waals surface area contributed by atoms with Crippen LogP contribution in [0.4, 0.5) is 8.78 Å². The molecule has 0 spiro atoms. The Morgan fingerprint density at radius 2 is 1.79 bits per heavy atom. The van der Waals surface area contributed by atoms with Gasteiger partial charge < -0.3 is 0 Å². The van der Waals surface area contributed by atoms with Crippen LogP contribution < -0.4 is 14.7 Å². The van der Waals surface area contributed by atoms with Crippen molar-refractivity contribution in [2.24, 2.45) is 16.5 Å². The summed E-state index contributed by atoms with van der Waals surface area (Å²) in [4.78, 5) is 3.65. The SMILES string of the molecule is NC(N)=NCc1cc(F)c([At])c(F)c1. The van der Waals surface area contributed by atoms with Gasteiger partial charge in [0.25, 0.3) is 0 Å². The number of guanidine groups is 1. The van der Waals surface area contributed by atoms with E-state index in [0.717, 1.165) is 24.7 Å². The van der Waals surface area contributed by atoms with Crippen LogP contribution in [0.2, 0.25) is 0 Å². The van der Waals surface area contributed by atoms with Gasteiger partial charge in [-0.1, -0.05) is 0 Å². The molecule has 0 aliphatic rings. The Kier molecular flexibility index (Phi) is 3.75. The molecule has 3 nitrogen and oxygen atoms in total. The summed E-state index contributed by atoms with van der Waals surface area (Å²) in [6.07, 6.45) is 0. The van der Waals surface area contributed by atoms with E-state index >= 15 is 0 Å². The standard InChI is InChI=1S/C8H8AtF2N3/c9-7-5(10)1-4(2-6(7)11)3-14-8(12)13/h1-2H,3H2,(H4,12,13,14). The van der Waals surface area contributed by atoms with E-state index in [1.807, 2.05) is 0 Å². The summed E-state index contributed by atoms with van der Waals surface area (Å²) in [6.45, 7) is 0.0860. The van der Waals surface area contributed by atoms with Crippen molar-refractivity contribution in [1.82, 2.24) is 0 Å². The fourth-order valence-electron chi connectivity index (χ4n) is 0.882. The second kappa shape index (κ2) is 4.64. The van der Waals surface area contributed by atoms with E-state index in [1.54, 1.807) is 0 Å². The summed E-state index contributed by atoms with van der Waals surface area (Å²) < 4.78 is 26.1. The van der Waals surface area contributed by atoms with Gasteiger partial charge in [0, 0.05) is 0 Å². The number of nitrogens with two attached hydrogens (primary N) is 2. The molecule has 76 valence electrons. The normalized spacial score (nSPS) is 9.93. The van der Waals surface area contributed by atoms with Gasteiger partial charge in [0.05, 0.1) is 0 Å². The topological polar surface area (TPSA) is 64.4 Å². The molecule has 14 heavy (non-hydrogen) atoms. The number of rotatable bonds is 2. The summed E-state index contributed by atoms with van der Waals surface area (Å²) in [6, 6.07) is 2.45. The van der Waals surface area contributed by atoms with E-state index < -0.39 is 11.6 Å². The third-order valence-corrected chi connectivity index (χ3v) is 2.89. The van der Waals surface area contributed by atoms with Crippen molar-refractivity contribution in [3.8, 4) is 0 Å². The second-order valence-corrected chi connectivity index (χ2v) is 4.08. The molecule has 0 aliphatic carbocycles. The molecule has 4 N–H and O–H groups in total. The van der Waals surface area contributed by atoms with Crippen molar-refractivity contribution in [2.75, 3.05) is 0 Å². The summed E-state index contributed by atoms with van der Waals surface area (Å²) >= 11 is 0.959. The molecule has 0 aliphatic heterocycles. The summed E-state index contributed by atoms with van der Waals surface area (Å²) in [7, 11) is 0. The first-order valence-electron chi connectivity index (χ1n) is 3.69. The van der Waals surface area contributed by atoms with Gasteiger partial charge in [-0.15, -0.1) is 0 Å². The Balaban J connectivity index is 2.95. The Bertz CT molecular complexity index is 352. The number of halogens is 2. The molecule has 0 fully saturated rings. The van der Waals surface area contributed by atoms with Crippen molar-refractivity contribution in [3.63, 3.8) is 0 Å². The summed E-state index contributed by atoms with van der Waals surface area (Å²) in [5.41, 5.74) is 10.6. The molecule has 1 aromatic rings. The van der Waals surface area contributed by atoms with E-state index in [-0.39, 0.29) is 15.8 Å². The van der Waals surface area contributed by atoms with Crippen molar-refractivity contribution in [3.05, 3.63) is 29.3 Å². The van der Waals surface area contributed by atoms with Gasteiger partial charge in [0.1, 0.15) is 0 Å². The van der Waals surface area contributed by atoms with Gasteiger partial charge in [0.2, 0.25) is 0 Å². The summed E-state index contributed by atoms with van der Waals surface area (Å²) in [5, 5.41) is 0. The van der Waals surface area contributed by atoms with E-state index in [0.29, 0.717) is 5.56 Å². The predicted octanol–water partition coefficient (Wildman–Crippen LogP) is -0.0872. The van der Waals surface area contributed by atoms with Crippen LogP contribution in [0.1, 0.15) is 5.56 Å². The Morgan fingerprint density at radius 1 is 1.29 bits per heavy atom. The quantitative estimate of drug-likeness (QED) is 0.544. The minimum atomic E-state index is -0.567. The molecule has 0 bridgehead atoms. The van der Waals surface area contributed by atoms with Crippen molar-refractivity contribution < 1.29 is 33.5 Å². The fraction of sp³-hybridized carbons (Fsp3) is 0.125. The van der Waals surface area contributed by atoms with E-state index in [9.17, 15) is 8.78 Å². The monoisotopic (exact) mass is 394 g/mol. The molecular weight excluding hydrogens is 386 g/mol. The maximum absolute atomic E-state index is 13.0. The molecular formula is C8H8AtF2N3. The van der Waals surface area contributed by atoms with Crippen LogP contribution in [0.15, 0.2) is 17.1 Å². The van der Waals surface area contributed by atoms with Crippen LogP contribution in [0.5, 0.6) is 0 Å². The molecule has 0 amide bonds. The molecule has 0 saturated carbocycles. The van der Waals surface area contributed by atoms with Crippen LogP contribution in [-0.4, -0.2) is 5.96 Å². The molecule has 0 unspecified atom stereocenters. The van der Waals surface area contributed by atoms with Crippen LogP contribution in [0.3, 0.4) is 0 Å². The Morgan fingerprint density at radius 3 is 2.21 bits per heavy atom. The first-order valence-corrected chi connectivity index (χ1v) is 5.16. The van der Waals surface area contributed by atoms with E-state index in [2.05, 4.69) is 4.99 Å². The minimum absolute atomic E-state index is 0.0541. The predicted molar refractivity (Wildman–Crippen MR) is 45.5 cm³/mol. The van der Waals surface area contributed by atoms with Crippen LogP contribution in [-0.2, 0) is 6.54 Å². The molecule has 6 heteroatoms. The zero-order valence-electron chi connectivity index (χ0n) is 7.10. The number of hydrogen-bond acceptors (Lipinski definition) is 1. The molecule has 0 heterocycles. The van der Waals surface area contributed by atoms with E-state index in [4.69, 9.17) is 11.5 Å². The molecule has 1 rings (SSSR count). The molecule has 1 aromatic carbocycles. The average molecular weight is 394 g/mol. The van der Waals surface area contributed by atoms with Crippen molar-refractivity contribution >= 4 is 9.23 Å². The third kappa shape index (κ3) is 2.87. The molecule has 0 aromatic heterocycles. The van der Waals surface area contributed by atoms with E-state index in [1.165, 1.54) is 12.1 Å². The van der Waals surface area contributed by atoms with Crippen LogP contribution in [0.25, 0.3) is 0 Å². The van der Waals surface area contributed by atoms with Gasteiger partial charge in [-0.2, -0.15) is 0 Å². The molecule has 0 saturated heterocycles. The first-order chi connectivity index (χ1) is 6.50. The average Bonchev–Trinajstić information content (AvgIpc) is 2.10. The zero-order chi connectivity index (χ0) is 10.7. The Labute approximate surface area is 95.0 Å². The fourth-order valence-corrected chi connectivity index (χ4v) is 1.31. The van der Waals surface area contributed by atoms with Gasteiger partial charge in [-0.25, -0.2) is 0 Å². The number of benzene rings is 1. The van der Waals surface area contributed by atoms with Gasteiger partial charge in [0.15, 0.2) is 0 Å². The van der Waals surface area contributed by atoms with Gasteiger partial charge in [-0.05, 0) is 0 Å². The van der Waals surface area contributed by atoms with Crippen molar-refractivity contribution in [2.45, 2.75) is 6.54 Å². The van der Waals surface area contributed by atoms with Crippen molar-refractivity contribution in [1.29, 1.82) is 0 Å². The van der Waals surface area contributed by atoms with Crippen LogP contribution >= 0.6 is 0 Å². The number of hydrogen-bond donors (Lipinski definition) is 2. The summed E-state index contributed by atoms with van der Waals surface area (Å²) in [5.74, 6) is -1.24. The number of aliphatic imine (C=N–C) groups is 1. The third-order valence-electron chi connectivity index (χ3n) is 1.49. The number of nitrogens with zero attached hydrogens (tertiary/aromatic N) is 1. The van der Waals surface area contributed by atoms with Gasteiger partial charge >= 0.3 is 95.1 Å².